The van der Waals surface area contributed by atoms with Crippen LogP contribution in [0.25, 0.3) is 11.3 Å². The summed E-state index contributed by atoms with van der Waals surface area (Å²) in [5.74, 6) is 1.46. The van der Waals surface area contributed by atoms with Crippen LogP contribution in [-0.4, -0.2) is 34.0 Å². The summed E-state index contributed by atoms with van der Waals surface area (Å²) in [7, 11) is 0. The molecule has 1 N–H and O–H groups in total. The van der Waals surface area contributed by atoms with Gasteiger partial charge in [0.2, 0.25) is 11.0 Å². The number of hydrogen-bond acceptors (Lipinski definition) is 7. The van der Waals surface area contributed by atoms with Crippen LogP contribution in [0.15, 0.2) is 53.7 Å². The van der Waals surface area contributed by atoms with Crippen LogP contribution in [0, 0.1) is 0 Å². The Kier molecular flexibility index (Phi) is 6.38. The van der Waals surface area contributed by atoms with Crippen molar-refractivity contribution in [1.82, 2.24) is 15.2 Å². The molecule has 1 aliphatic heterocycles. The molecule has 1 aliphatic rings. The molecule has 0 saturated carbocycles. The van der Waals surface area contributed by atoms with Crippen molar-refractivity contribution < 1.29 is 4.74 Å². The van der Waals surface area contributed by atoms with Gasteiger partial charge in [-0.2, -0.15) is 4.98 Å². The largest absolute Gasteiger partial charge is 0.448 e. The third-order valence-electron chi connectivity index (χ3n) is 5.09. The molecule has 3 aromatic rings. The number of thioether (sulfide) groups is 1. The third kappa shape index (κ3) is 4.21. The lowest BCUT2D eigenvalue weighted by molar-refractivity contribution is 0.225. The van der Waals surface area contributed by atoms with Gasteiger partial charge in [0.1, 0.15) is 0 Å². The molecule has 6 nitrogen and oxygen atoms in total. The SMILES string of the molecule is CCCSc1nnc2c(n1)OC(c1ccc(N(CC)CC)cc1)Nc1ccccc1-2. The molecule has 0 spiro atoms. The highest BCUT2D eigenvalue weighted by Gasteiger charge is 2.26. The van der Waals surface area contributed by atoms with Gasteiger partial charge in [-0.3, -0.25) is 0 Å². The van der Waals surface area contributed by atoms with Crippen LogP contribution in [0.4, 0.5) is 11.4 Å². The smallest absolute Gasteiger partial charge is 0.247 e. The van der Waals surface area contributed by atoms with Crippen molar-refractivity contribution >= 4 is 23.1 Å². The van der Waals surface area contributed by atoms with E-state index < -0.39 is 0 Å². The fraction of sp³-hybridized carbons (Fsp3) is 0.348. The fourth-order valence-electron chi connectivity index (χ4n) is 3.50. The molecule has 1 aromatic heterocycles. The lowest BCUT2D eigenvalue weighted by Crippen LogP contribution is -2.22. The summed E-state index contributed by atoms with van der Waals surface area (Å²) in [6.07, 6.45) is 0.691. The first-order valence-corrected chi connectivity index (χ1v) is 11.5. The zero-order valence-electron chi connectivity index (χ0n) is 17.6. The van der Waals surface area contributed by atoms with Crippen LogP contribution in [0.1, 0.15) is 39.0 Å². The van der Waals surface area contributed by atoms with Gasteiger partial charge in [0.25, 0.3) is 0 Å². The second-order valence-corrected chi connectivity index (χ2v) is 8.11. The molecular formula is C23H27N5OS. The lowest BCUT2D eigenvalue weighted by Gasteiger charge is -2.23. The molecule has 0 aliphatic carbocycles. The second-order valence-electron chi connectivity index (χ2n) is 7.05. The maximum atomic E-state index is 6.35. The van der Waals surface area contributed by atoms with E-state index >= 15 is 0 Å². The number of hydrogen-bond donors (Lipinski definition) is 1. The van der Waals surface area contributed by atoms with E-state index in [2.05, 4.69) is 70.4 Å². The van der Waals surface area contributed by atoms with Crippen LogP contribution in [0.3, 0.4) is 0 Å². The second kappa shape index (κ2) is 9.34. The maximum absolute atomic E-state index is 6.35. The highest BCUT2D eigenvalue weighted by molar-refractivity contribution is 7.99. The zero-order chi connectivity index (χ0) is 20.9. The number of aromatic nitrogens is 3. The van der Waals surface area contributed by atoms with E-state index in [4.69, 9.17) is 4.74 Å². The van der Waals surface area contributed by atoms with Gasteiger partial charge in [0.05, 0.1) is 0 Å². The highest BCUT2D eigenvalue weighted by atomic mass is 32.2. The van der Waals surface area contributed by atoms with Gasteiger partial charge in [-0.05, 0) is 38.5 Å². The molecule has 7 heteroatoms. The minimum atomic E-state index is -0.362. The number of anilines is 2. The summed E-state index contributed by atoms with van der Waals surface area (Å²) >= 11 is 1.60. The van der Waals surface area contributed by atoms with Crippen LogP contribution in [-0.2, 0) is 0 Å². The fourth-order valence-corrected chi connectivity index (χ4v) is 4.13. The Hall–Kier alpha value is -2.80. The number of rotatable bonds is 7. The molecule has 2 heterocycles. The van der Waals surface area contributed by atoms with Crippen LogP contribution in [0.2, 0.25) is 0 Å². The van der Waals surface area contributed by atoms with Gasteiger partial charge in [0, 0.05) is 41.3 Å². The molecule has 4 rings (SSSR count). The zero-order valence-corrected chi connectivity index (χ0v) is 18.4. The molecule has 0 amide bonds. The van der Waals surface area contributed by atoms with E-state index in [1.807, 2.05) is 24.3 Å². The van der Waals surface area contributed by atoms with E-state index in [1.54, 1.807) is 11.8 Å². The minimum Gasteiger partial charge on any atom is -0.448 e. The normalized spacial score (nSPS) is 14.7. The molecular weight excluding hydrogens is 394 g/mol. The monoisotopic (exact) mass is 421 g/mol. The number of fused-ring (bicyclic) bond motifs is 3. The van der Waals surface area contributed by atoms with Crippen LogP contribution < -0.4 is 15.0 Å². The molecule has 0 radical (unpaired) electrons. The topological polar surface area (TPSA) is 63.2 Å². The molecule has 1 unspecified atom stereocenters. The molecule has 30 heavy (non-hydrogen) atoms. The van der Waals surface area contributed by atoms with Gasteiger partial charge in [-0.15, -0.1) is 10.2 Å². The van der Waals surface area contributed by atoms with Crippen molar-refractivity contribution in [3.05, 3.63) is 54.1 Å². The molecule has 0 fully saturated rings. The number of benzene rings is 2. The molecule has 156 valence electrons. The van der Waals surface area contributed by atoms with Gasteiger partial charge in [-0.1, -0.05) is 49.0 Å². The van der Waals surface area contributed by atoms with Crippen molar-refractivity contribution in [3.8, 4) is 17.1 Å². The predicted molar refractivity (Wildman–Crippen MR) is 123 cm³/mol. The third-order valence-corrected chi connectivity index (χ3v) is 6.14. The minimum absolute atomic E-state index is 0.362. The van der Waals surface area contributed by atoms with E-state index in [0.29, 0.717) is 16.7 Å². The van der Waals surface area contributed by atoms with E-state index in [1.165, 1.54) is 5.69 Å². The Morgan fingerprint density at radius 2 is 1.77 bits per heavy atom. The summed E-state index contributed by atoms with van der Waals surface area (Å²) in [4.78, 5) is 7.00. The quantitative estimate of drug-likeness (QED) is 0.513. The van der Waals surface area contributed by atoms with Crippen molar-refractivity contribution in [1.29, 1.82) is 0 Å². The standard InChI is InChI=1S/C23H27N5OS/c1-4-15-30-23-25-22-20(26-27-23)18-9-7-8-10-19(18)24-21(29-22)16-11-13-17(14-12-16)28(5-2)6-3/h7-14,21,24H,4-6,15H2,1-3H3. The molecule has 0 saturated heterocycles. The molecule has 0 bridgehead atoms. The average Bonchev–Trinajstić information content (AvgIpc) is 2.95. The first-order valence-electron chi connectivity index (χ1n) is 10.5. The van der Waals surface area contributed by atoms with Gasteiger partial charge < -0.3 is 15.0 Å². The first kappa shape index (κ1) is 20.5. The average molecular weight is 422 g/mol. The molecule has 2 aromatic carbocycles. The summed E-state index contributed by atoms with van der Waals surface area (Å²) in [5, 5.41) is 12.9. The van der Waals surface area contributed by atoms with Crippen LogP contribution >= 0.6 is 11.8 Å². The predicted octanol–water partition coefficient (Wildman–Crippen LogP) is 5.39. The van der Waals surface area contributed by atoms with E-state index in [0.717, 1.165) is 42.1 Å². The first-order chi connectivity index (χ1) is 14.7. The summed E-state index contributed by atoms with van der Waals surface area (Å²) in [6.45, 7) is 8.44. The highest BCUT2D eigenvalue weighted by Crippen LogP contribution is 2.39. The Morgan fingerprint density at radius 1 is 1.00 bits per heavy atom. The Bertz CT molecular complexity index is 991. The van der Waals surface area contributed by atoms with Gasteiger partial charge in [0.15, 0.2) is 11.9 Å². The Balaban J connectivity index is 1.70. The summed E-state index contributed by atoms with van der Waals surface area (Å²) in [6, 6.07) is 16.6. The van der Waals surface area contributed by atoms with Crippen molar-refractivity contribution in [2.75, 3.05) is 29.1 Å². The summed E-state index contributed by atoms with van der Waals surface area (Å²) in [5.41, 5.74) is 4.82. The number of ether oxygens (including phenoxy) is 1. The number of nitrogens with zero attached hydrogens (tertiary/aromatic N) is 4. The van der Waals surface area contributed by atoms with Crippen molar-refractivity contribution in [2.45, 2.75) is 38.6 Å². The van der Waals surface area contributed by atoms with Crippen molar-refractivity contribution in [2.24, 2.45) is 0 Å². The van der Waals surface area contributed by atoms with E-state index in [-0.39, 0.29) is 6.23 Å². The van der Waals surface area contributed by atoms with E-state index in [9.17, 15) is 0 Å². The maximum Gasteiger partial charge on any atom is 0.247 e. The van der Waals surface area contributed by atoms with Gasteiger partial charge >= 0.3 is 0 Å². The van der Waals surface area contributed by atoms with Gasteiger partial charge in [-0.25, -0.2) is 0 Å². The summed E-state index contributed by atoms with van der Waals surface area (Å²) < 4.78 is 6.35. The molecule has 1 atom stereocenters. The lowest BCUT2D eigenvalue weighted by atomic mass is 10.1. The van der Waals surface area contributed by atoms with Crippen LogP contribution in [0.5, 0.6) is 5.88 Å². The Morgan fingerprint density at radius 3 is 2.50 bits per heavy atom. The Labute approximate surface area is 182 Å². The number of nitrogens with one attached hydrogen (secondary N) is 1. The number of para-hydroxylation sites is 1. The van der Waals surface area contributed by atoms with Crippen molar-refractivity contribution in [3.63, 3.8) is 0 Å².